The number of rotatable bonds is 3. The maximum atomic E-state index is 11.7. The van der Waals surface area contributed by atoms with Crippen molar-refractivity contribution in [3.63, 3.8) is 0 Å². The van der Waals surface area contributed by atoms with Gasteiger partial charge in [0.2, 0.25) is 5.91 Å². The Balaban J connectivity index is 1.80. The maximum Gasteiger partial charge on any atom is 0.249 e. The molecule has 0 aliphatic carbocycles. The molecular weight excluding hydrogens is 286 g/mol. The Morgan fingerprint density at radius 1 is 1.58 bits per heavy atom. The Bertz CT molecular complexity index is 742. The zero-order valence-corrected chi connectivity index (χ0v) is 11.1. The average Bonchev–Trinajstić information content (AvgIpc) is 3.05. The number of aromatic nitrogens is 4. The number of imidazole rings is 1. The first-order valence-electron chi connectivity index (χ1n) is 5.33. The van der Waals surface area contributed by atoms with Gasteiger partial charge >= 0.3 is 0 Å². The van der Waals surface area contributed by atoms with E-state index < -0.39 is 0 Å². The standard InChI is InChI=1S/C11H8ClN5OS/c12-10-7(17-5-6-19-11(17)15-10)1-2-9(18)14-8-3-4-13-16-8/h1-6H,(H2,13,14,16,18)/b2-1+. The van der Waals surface area contributed by atoms with E-state index in [4.69, 9.17) is 11.6 Å². The van der Waals surface area contributed by atoms with Crippen molar-refractivity contribution < 1.29 is 4.79 Å². The monoisotopic (exact) mass is 293 g/mol. The molecule has 0 saturated carbocycles. The molecule has 3 aromatic rings. The summed E-state index contributed by atoms with van der Waals surface area (Å²) >= 11 is 7.49. The Labute approximate surface area is 116 Å². The second-order valence-corrected chi connectivity index (χ2v) is 4.87. The SMILES string of the molecule is O=C(/C=C/c1c(Cl)nc2sccn12)Nc1ccn[nH]1. The molecule has 1 amide bonds. The van der Waals surface area contributed by atoms with Crippen LogP contribution in [0, 0.1) is 0 Å². The molecule has 3 aromatic heterocycles. The first kappa shape index (κ1) is 11.9. The number of carbonyl (C=O) groups excluding carboxylic acids is 1. The molecule has 2 N–H and O–H groups in total. The van der Waals surface area contributed by atoms with E-state index in [1.54, 1.807) is 18.3 Å². The minimum absolute atomic E-state index is 0.273. The summed E-state index contributed by atoms with van der Waals surface area (Å²) < 4.78 is 1.83. The van der Waals surface area contributed by atoms with E-state index in [0.717, 1.165) is 4.96 Å². The van der Waals surface area contributed by atoms with Gasteiger partial charge in [0, 0.05) is 23.7 Å². The first-order valence-corrected chi connectivity index (χ1v) is 6.59. The highest BCUT2D eigenvalue weighted by Crippen LogP contribution is 2.22. The van der Waals surface area contributed by atoms with Gasteiger partial charge in [0.25, 0.3) is 0 Å². The zero-order chi connectivity index (χ0) is 13.2. The third-order valence-electron chi connectivity index (χ3n) is 2.41. The van der Waals surface area contributed by atoms with Crippen molar-refractivity contribution in [2.24, 2.45) is 0 Å². The fraction of sp³-hybridized carbons (Fsp3) is 0. The predicted octanol–water partition coefficient (Wildman–Crippen LogP) is 2.42. The Morgan fingerprint density at radius 3 is 3.26 bits per heavy atom. The fourth-order valence-corrected chi connectivity index (χ4v) is 2.59. The smallest absolute Gasteiger partial charge is 0.249 e. The van der Waals surface area contributed by atoms with Gasteiger partial charge in [0.15, 0.2) is 10.1 Å². The van der Waals surface area contributed by atoms with E-state index in [1.807, 2.05) is 16.0 Å². The van der Waals surface area contributed by atoms with E-state index in [9.17, 15) is 4.79 Å². The first-order chi connectivity index (χ1) is 9.24. The van der Waals surface area contributed by atoms with Crippen molar-refractivity contribution in [1.82, 2.24) is 19.6 Å². The number of nitrogens with zero attached hydrogens (tertiary/aromatic N) is 3. The second-order valence-electron chi connectivity index (χ2n) is 3.64. The lowest BCUT2D eigenvalue weighted by Crippen LogP contribution is -2.08. The summed E-state index contributed by atoms with van der Waals surface area (Å²) in [7, 11) is 0. The summed E-state index contributed by atoms with van der Waals surface area (Å²) in [6, 6.07) is 1.66. The van der Waals surface area contributed by atoms with E-state index in [2.05, 4.69) is 20.5 Å². The molecule has 0 saturated heterocycles. The number of hydrogen-bond donors (Lipinski definition) is 2. The number of H-pyrrole nitrogens is 1. The molecule has 0 radical (unpaired) electrons. The molecule has 3 heterocycles. The van der Waals surface area contributed by atoms with Crippen LogP contribution in [0.1, 0.15) is 5.69 Å². The molecular formula is C11H8ClN5OS. The molecule has 0 aliphatic heterocycles. The van der Waals surface area contributed by atoms with Crippen molar-refractivity contribution in [2.75, 3.05) is 5.32 Å². The zero-order valence-electron chi connectivity index (χ0n) is 9.50. The van der Waals surface area contributed by atoms with Gasteiger partial charge in [-0.15, -0.1) is 11.3 Å². The van der Waals surface area contributed by atoms with Crippen LogP contribution in [0.2, 0.25) is 5.15 Å². The third-order valence-corrected chi connectivity index (χ3v) is 3.44. The van der Waals surface area contributed by atoms with Crippen LogP contribution in [0.4, 0.5) is 5.82 Å². The summed E-state index contributed by atoms with van der Waals surface area (Å²) in [6.45, 7) is 0. The fourth-order valence-electron chi connectivity index (χ4n) is 1.58. The van der Waals surface area contributed by atoms with Gasteiger partial charge < -0.3 is 5.32 Å². The highest BCUT2D eigenvalue weighted by Gasteiger charge is 2.08. The van der Waals surface area contributed by atoms with Crippen LogP contribution in [0.15, 0.2) is 29.9 Å². The molecule has 0 bridgehead atoms. The number of thiazole rings is 1. The van der Waals surface area contributed by atoms with Gasteiger partial charge in [-0.05, 0) is 6.08 Å². The van der Waals surface area contributed by atoms with Crippen LogP contribution in [0.5, 0.6) is 0 Å². The second kappa shape index (κ2) is 4.87. The maximum absolute atomic E-state index is 11.7. The molecule has 96 valence electrons. The number of halogens is 1. The quantitative estimate of drug-likeness (QED) is 0.728. The minimum Gasteiger partial charge on any atom is -0.307 e. The lowest BCUT2D eigenvalue weighted by atomic mass is 10.4. The van der Waals surface area contributed by atoms with E-state index in [1.165, 1.54) is 17.4 Å². The number of aromatic amines is 1. The number of anilines is 1. The van der Waals surface area contributed by atoms with Crippen LogP contribution in [0.3, 0.4) is 0 Å². The lowest BCUT2D eigenvalue weighted by Gasteiger charge is -1.96. The van der Waals surface area contributed by atoms with Gasteiger partial charge in [-0.1, -0.05) is 11.6 Å². The summed E-state index contributed by atoms with van der Waals surface area (Å²) in [6.07, 6.45) is 6.43. The number of hydrogen-bond acceptors (Lipinski definition) is 4. The number of carbonyl (C=O) groups is 1. The summed E-state index contributed by atoms with van der Waals surface area (Å²) in [5.74, 6) is 0.264. The van der Waals surface area contributed by atoms with Crippen LogP contribution >= 0.6 is 22.9 Å². The largest absolute Gasteiger partial charge is 0.307 e. The van der Waals surface area contributed by atoms with Gasteiger partial charge in [-0.3, -0.25) is 14.3 Å². The third kappa shape index (κ3) is 2.38. The van der Waals surface area contributed by atoms with Crippen molar-refractivity contribution in [3.05, 3.63) is 40.8 Å². The Morgan fingerprint density at radius 2 is 2.47 bits per heavy atom. The Hall–Kier alpha value is -2.12. The van der Waals surface area contributed by atoms with E-state index in [-0.39, 0.29) is 5.91 Å². The highest BCUT2D eigenvalue weighted by molar-refractivity contribution is 7.15. The number of fused-ring (bicyclic) bond motifs is 1. The molecule has 0 spiro atoms. The molecule has 0 atom stereocenters. The van der Waals surface area contributed by atoms with E-state index >= 15 is 0 Å². The summed E-state index contributed by atoms with van der Waals surface area (Å²) in [4.78, 5) is 16.6. The van der Waals surface area contributed by atoms with Crippen LogP contribution in [-0.2, 0) is 4.79 Å². The van der Waals surface area contributed by atoms with Gasteiger partial charge in [0.05, 0.1) is 11.9 Å². The number of nitrogens with one attached hydrogen (secondary N) is 2. The summed E-state index contributed by atoms with van der Waals surface area (Å²) in [5.41, 5.74) is 0.678. The van der Waals surface area contributed by atoms with Crippen molar-refractivity contribution >= 4 is 45.7 Å². The molecule has 0 fully saturated rings. The molecule has 0 aliphatic rings. The molecule has 8 heteroatoms. The van der Waals surface area contributed by atoms with Crippen LogP contribution in [0.25, 0.3) is 11.0 Å². The Kier molecular flexibility index (Phi) is 3.06. The molecule has 0 unspecified atom stereocenters. The minimum atomic E-state index is -0.273. The van der Waals surface area contributed by atoms with Crippen molar-refractivity contribution in [3.8, 4) is 0 Å². The molecule has 6 nitrogen and oxygen atoms in total. The van der Waals surface area contributed by atoms with Gasteiger partial charge in [-0.2, -0.15) is 5.10 Å². The topological polar surface area (TPSA) is 75.1 Å². The molecule has 3 rings (SSSR count). The molecule has 19 heavy (non-hydrogen) atoms. The normalized spacial score (nSPS) is 11.4. The van der Waals surface area contributed by atoms with E-state index in [0.29, 0.717) is 16.7 Å². The lowest BCUT2D eigenvalue weighted by molar-refractivity contribution is -0.111. The average molecular weight is 294 g/mol. The predicted molar refractivity (Wildman–Crippen MR) is 74.3 cm³/mol. The molecule has 0 aromatic carbocycles. The van der Waals surface area contributed by atoms with Gasteiger partial charge in [0.1, 0.15) is 5.82 Å². The summed E-state index contributed by atoms with van der Waals surface area (Å²) in [5, 5.41) is 11.3. The van der Waals surface area contributed by atoms with Crippen LogP contribution in [-0.4, -0.2) is 25.5 Å². The van der Waals surface area contributed by atoms with Crippen LogP contribution < -0.4 is 5.32 Å². The highest BCUT2D eigenvalue weighted by atomic mass is 35.5. The van der Waals surface area contributed by atoms with Gasteiger partial charge in [-0.25, -0.2) is 4.98 Å². The van der Waals surface area contributed by atoms with Crippen molar-refractivity contribution in [2.45, 2.75) is 0 Å². The van der Waals surface area contributed by atoms with Crippen molar-refractivity contribution in [1.29, 1.82) is 0 Å². The number of amides is 1.